The van der Waals surface area contributed by atoms with Gasteiger partial charge in [-0.05, 0) is 50.4 Å². The Balaban J connectivity index is 2.38. The molecule has 0 heterocycles. The summed E-state index contributed by atoms with van der Waals surface area (Å²) in [6.45, 7) is 6.69. The lowest BCUT2D eigenvalue weighted by molar-refractivity contribution is 0.141. The molecule has 0 fully saturated rings. The summed E-state index contributed by atoms with van der Waals surface area (Å²) in [4.78, 5) is 0. The molecule has 0 saturated carbocycles. The minimum absolute atomic E-state index is 0.171. The minimum atomic E-state index is -0.171. The van der Waals surface area contributed by atoms with Gasteiger partial charge < -0.3 is 10.1 Å². The molecule has 0 spiro atoms. The minimum Gasteiger partial charge on any atom is -0.382 e. The molecule has 0 bridgehead atoms. The van der Waals surface area contributed by atoms with Crippen LogP contribution in [0, 0.1) is 5.82 Å². The molecule has 0 amide bonds. The molecule has 0 saturated heterocycles. The molecule has 0 aliphatic heterocycles. The second-order valence-electron chi connectivity index (χ2n) is 4.42. The highest BCUT2D eigenvalue weighted by molar-refractivity contribution is 5.17. The predicted molar refractivity (Wildman–Crippen MR) is 73.3 cm³/mol. The average molecular weight is 253 g/mol. The van der Waals surface area contributed by atoms with Gasteiger partial charge in [0, 0.05) is 19.3 Å². The van der Waals surface area contributed by atoms with Gasteiger partial charge in [0.25, 0.3) is 0 Å². The summed E-state index contributed by atoms with van der Waals surface area (Å²) < 4.78 is 18.2. The molecule has 0 aliphatic carbocycles. The van der Waals surface area contributed by atoms with E-state index in [1.54, 1.807) is 0 Å². The van der Waals surface area contributed by atoms with E-state index in [1.807, 2.05) is 19.1 Å². The lowest BCUT2D eigenvalue weighted by Crippen LogP contribution is -2.31. The van der Waals surface area contributed by atoms with Crippen LogP contribution in [0.5, 0.6) is 0 Å². The maximum atomic E-state index is 12.8. The highest BCUT2D eigenvalue weighted by atomic mass is 19.1. The van der Waals surface area contributed by atoms with E-state index in [1.165, 1.54) is 17.7 Å². The zero-order valence-corrected chi connectivity index (χ0v) is 11.4. The van der Waals surface area contributed by atoms with Gasteiger partial charge in [-0.1, -0.05) is 19.1 Å². The summed E-state index contributed by atoms with van der Waals surface area (Å²) in [5, 5.41) is 3.47. The van der Waals surface area contributed by atoms with Crippen molar-refractivity contribution in [2.75, 3.05) is 19.8 Å². The van der Waals surface area contributed by atoms with E-state index in [0.717, 1.165) is 39.0 Å². The van der Waals surface area contributed by atoms with Crippen LogP contribution in [0.15, 0.2) is 24.3 Å². The quantitative estimate of drug-likeness (QED) is 0.683. The van der Waals surface area contributed by atoms with Crippen molar-refractivity contribution < 1.29 is 9.13 Å². The normalized spacial score (nSPS) is 12.6. The molecular formula is C15H24FNO. The molecule has 1 aromatic carbocycles. The van der Waals surface area contributed by atoms with E-state index < -0.39 is 0 Å². The van der Waals surface area contributed by atoms with Crippen molar-refractivity contribution in [3.8, 4) is 0 Å². The summed E-state index contributed by atoms with van der Waals surface area (Å²) in [6.07, 6.45) is 3.10. The first-order chi connectivity index (χ1) is 8.76. The van der Waals surface area contributed by atoms with Crippen LogP contribution < -0.4 is 5.32 Å². The van der Waals surface area contributed by atoms with Gasteiger partial charge in [0.1, 0.15) is 5.82 Å². The van der Waals surface area contributed by atoms with Gasteiger partial charge in [-0.2, -0.15) is 0 Å². The Morgan fingerprint density at radius 2 is 1.94 bits per heavy atom. The number of benzene rings is 1. The Hall–Kier alpha value is -0.930. The topological polar surface area (TPSA) is 21.3 Å². The van der Waals surface area contributed by atoms with Crippen LogP contribution in [0.4, 0.5) is 4.39 Å². The Morgan fingerprint density at radius 3 is 2.56 bits per heavy atom. The Kier molecular flexibility index (Phi) is 7.62. The van der Waals surface area contributed by atoms with Crippen LogP contribution in [-0.2, 0) is 11.2 Å². The highest BCUT2D eigenvalue weighted by Crippen LogP contribution is 2.09. The standard InChI is InChI=1S/C15H24FNO/c1-3-17-15(6-5-11-18-4-2)12-13-7-9-14(16)10-8-13/h7-10,15,17H,3-6,11-12H2,1-2H3. The number of hydrogen-bond acceptors (Lipinski definition) is 2. The Bertz CT molecular complexity index is 313. The third kappa shape index (κ3) is 6.12. The average Bonchev–Trinajstić information content (AvgIpc) is 2.37. The lowest BCUT2D eigenvalue weighted by atomic mass is 10.0. The Labute approximate surface area is 110 Å². The van der Waals surface area contributed by atoms with Crippen molar-refractivity contribution in [2.24, 2.45) is 0 Å². The molecule has 0 aromatic heterocycles. The van der Waals surface area contributed by atoms with Crippen molar-refractivity contribution in [1.82, 2.24) is 5.32 Å². The smallest absolute Gasteiger partial charge is 0.123 e. The van der Waals surface area contributed by atoms with Gasteiger partial charge in [-0.15, -0.1) is 0 Å². The maximum absolute atomic E-state index is 12.8. The van der Waals surface area contributed by atoms with Crippen molar-refractivity contribution in [3.63, 3.8) is 0 Å². The van der Waals surface area contributed by atoms with Gasteiger partial charge in [0.15, 0.2) is 0 Å². The van der Waals surface area contributed by atoms with Crippen LogP contribution in [0.1, 0.15) is 32.3 Å². The largest absolute Gasteiger partial charge is 0.382 e. The van der Waals surface area contributed by atoms with Crippen LogP contribution in [-0.4, -0.2) is 25.8 Å². The molecular weight excluding hydrogens is 229 g/mol. The van der Waals surface area contributed by atoms with E-state index in [2.05, 4.69) is 12.2 Å². The Morgan fingerprint density at radius 1 is 1.22 bits per heavy atom. The highest BCUT2D eigenvalue weighted by Gasteiger charge is 2.08. The summed E-state index contributed by atoms with van der Waals surface area (Å²) in [7, 11) is 0. The van der Waals surface area contributed by atoms with E-state index >= 15 is 0 Å². The van der Waals surface area contributed by atoms with E-state index in [-0.39, 0.29) is 5.82 Å². The van der Waals surface area contributed by atoms with Gasteiger partial charge in [0.05, 0.1) is 0 Å². The predicted octanol–water partition coefficient (Wildman–Crippen LogP) is 3.16. The molecule has 0 radical (unpaired) electrons. The first-order valence-corrected chi connectivity index (χ1v) is 6.81. The fourth-order valence-corrected chi connectivity index (χ4v) is 2.05. The third-order valence-corrected chi connectivity index (χ3v) is 2.93. The van der Waals surface area contributed by atoms with Crippen molar-refractivity contribution >= 4 is 0 Å². The van der Waals surface area contributed by atoms with Gasteiger partial charge in [0.2, 0.25) is 0 Å². The molecule has 1 N–H and O–H groups in total. The zero-order chi connectivity index (χ0) is 13.2. The summed E-state index contributed by atoms with van der Waals surface area (Å²) in [5.41, 5.74) is 1.18. The second kappa shape index (κ2) is 9.06. The SMILES string of the molecule is CCNC(CCCOCC)Cc1ccc(F)cc1. The molecule has 2 nitrogen and oxygen atoms in total. The van der Waals surface area contributed by atoms with Crippen molar-refractivity contribution in [2.45, 2.75) is 39.2 Å². The lowest BCUT2D eigenvalue weighted by Gasteiger charge is -2.18. The molecule has 102 valence electrons. The number of nitrogens with one attached hydrogen (secondary N) is 1. The third-order valence-electron chi connectivity index (χ3n) is 2.93. The molecule has 1 aromatic rings. The van der Waals surface area contributed by atoms with Crippen LogP contribution in [0.2, 0.25) is 0 Å². The fourth-order valence-electron chi connectivity index (χ4n) is 2.05. The number of halogens is 1. The molecule has 1 unspecified atom stereocenters. The van der Waals surface area contributed by atoms with E-state index in [0.29, 0.717) is 6.04 Å². The summed E-state index contributed by atoms with van der Waals surface area (Å²) >= 11 is 0. The molecule has 1 rings (SSSR count). The van der Waals surface area contributed by atoms with Crippen LogP contribution >= 0.6 is 0 Å². The van der Waals surface area contributed by atoms with Crippen molar-refractivity contribution in [3.05, 3.63) is 35.6 Å². The molecule has 0 aliphatic rings. The number of likely N-dealkylation sites (N-methyl/N-ethyl adjacent to an activating group) is 1. The maximum Gasteiger partial charge on any atom is 0.123 e. The number of hydrogen-bond donors (Lipinski definition) is 1. The number of ether oxygens (including phenoxy) is 1. The molecule has 3 heteroatoms. The first-order valence-electron chi connectivity index (χ1n) is 6.81. The van der Waals surface area contributed by atoms with Gasteiger partial charge >= 0.3 is 0 Å². The zero-order valence-electron chi connectivity index (χ0n) is 11.4. The second-order valence-corrected chi connectivity index (χ2v) is 4.42. The van der Waals surface area contributed by atoms with Gasteiger partial charge in [-0.25, -0.2) is 4.39 Å². The van der Waals surface area contributed by atoms with Crippen molar-refractivity contribution in [1.29, 1.82) is 0 Å². The van der Waals surface area contributed by atoms with E-state index in [4.69, 9.17) is 4.74 Å². The summed E-state index contributed by atoms with van der Waals surface area (Å²) in [5.74, 6) is -0.171. The van der Waals surface area contributed by atoms with Gasteiger partial charge in [-0.3, -0.25) is 0 Å². The van der Waals surface area contributed by atoms with E-state index in [9.17, 15) is 4.39 Å². The van der Waals surface area contributed by atoms with Crippen LogP contribution in [0.25, 0.3) is 0 Å². The molecule has 1 atom stereocenters. The monoisotopic (exact) mass is 253 g/mol. The molecule has 18 heavy (non-hydrogen) atoms. The van der Waals surface area contributed by atoms with Crippen LogP contribution in [0.3, 0.4) is 0 Å². The fraction of sp³-hybridized carbons (Fsp3) is 0.600. The number of rotatable bonds is 9. The first kappa shape index (κ1) is 15.1. The summed E-state index contributed by atoms with van der Waals surface area (Å²) in [6, 6.07) is 7.22.